The Kier molecular flexibility index (Phi) is 8.91. The molecule has 1 aromatic carbocycles. The zero-order valence-corrected chi connectivity index (χ0v) is 19.6. The molecule has 1 N–H and O–H groups in total. The molecule has 2 aromatic rings. The van der Waals surface area contributed by atoms with Gasteiger partial charge in [-0.1, -0.05) is 18.7 Å². The van der Waals surface area contributed by atoms with Crippen molar-refractivity contribution in [2.75, 3.05) is 12.9 Å². The lowest BCUT2D eigenvalue weighted by Gasteiger charge is -2.17. The third-order valence-corrected chi connectivity index (χ3v) is 5.28. The Hall–Kier alpha value is -2.13. The van der Waals surface area contributed by atoms with Crippen molar-refractivity contribution in [1.82, 2.24) is 15.4 Å². The highest BCUT2D eigenvalue weighted by atomic mass is 79.9. The number of hydrazone groups is 1. The van der Waals surface area contributed by atoms with E-state index in [0.29, 0.717) is 16.7 Å². The van der Waals surface area contributed by atoms with Crippen molar-refractivity contribution in [2.45, 2.75) is 45.4 Å². The van der Waals surface area contributed by atoms with Gasteiger partial charge in [0.1, 0.15) is 0 Å². The Bertz CT molecular complexity index is 872. The van der Waals surface area contributed by atoms with Gasteiger partial charge in [0, 0.05) is 11.4 Å². The van der Waals surface area contributed by atoms with E-state index in [0.717, 1.165) is 27.8 Å². The molecular weight excluding hydrogens is 456 g/mol. The number of thioether (sulfide) groups is 1. The number of carbonyl (C=O) groups excluding carboxylic acids is 1. The highest BCUT2D eigenvalue weighted by Crippen LogP contribution is 2.37. The van der Waals surface area contributed by atoms with Gasteiger partial charge in [0.25, 0.3) is 5.91 Å². The van der Waals surface area contributed by atoms with Gasteiger partial charge in [-0.05, 0) is 66.9 Å². The fraction of sp³-hybridized carbons (Fsp3) is 0.400. The van der Waals surface area contributed by atoms with E-state index in [-0.39, 0.29) is 17.8 Å². The number of aryl methyl sites for hydroxylation is 2. The van der Waals surface area contributed by atoms with Gasteiger partial charge in [-0.25, -0.2) is 15.4 Å². The van der Waals surface area contributed by atoms with Gasteiger partial charge in [-0.15, -0.1) is 0 Å². The second kappa shape index (κ2) is 11.2. The number of benzene rings is 1. The number of amides is 1. The van der Waals surface area contributed by atoms with Crippen LogP contribution < -0.4 is 14.9 Å². The third kappa shape index (κ3) is 7.32. The Balaban J connectivity index is 1.96. The van der Waals surface area contributed by atoms with Gasteiger partial charge in [0.2, 0.25) is 0 Å². The number of carbonyl (C=O) groups is 1. The number of aromatic nitrogens is 2. The molecule has 0 spiro atoms. The van der Waals surface area contributed by atoms with Crippen LogP contribution in [0.1, 0.15) is 37.2 Å². The molecule has 0 bridgehead atoms. The first-order valence-electron chi connectivity index (χ1n) is 9.13. The van der Waals surface area contributed by atoms with Gasteiger partial charge in [-0.2, -0.15) is 5.10 Å². The van der Waals surface area contributed by atoms with Crippen molar-refractivity contribution in [1.29, 1.82) is 0 Å². The van der Waals surface area contributed by atoms with Crippen LogP contribution in [0.2, 0.25) is 0 Å². The van der Waals surface area contributed by atoms with E-state index < -0.39 is 0 Å². The van der Waals surface area contributed by atoms with E-state index in [2.05, 4.69) is 43.3 Å². The van der Waals surface area contributed by atoms with Crippen molar-refractivity contribution in [3.8, 4) is 11.5 Å². The van der Waals surface area contributed by atoms with Crippen LogP contribution in [0, 0.1) is 13.8 Å². The molecule has 29 heavy (non-hydrogen) atoms. The Morgan fingerprint density at radius 1 is 1.31 bits per heavy atom. The number of halogens is 1. The van der Waals surface area contributed by atoms with Gasteiger partial charge < -0.3 is 9.47 Å². The molecule has 1 aromatic heterocycles. The van der Waals surface area contributed by atoms with Crippen molar-refractivity contribution >= 4 is 39.8 Å². The first-order valence-corrected chi connectivity index (χ1v) is 10.9. The maximum absolute atomic E-state index is 12.0. The molecule has 0 saturated heterocycles. The van der Waals surface area contributed by atoms with E-state index in [1.807, 2.05) is 32.9 Å². The summed E-state index contributed by atoms with van der Waals surface area (Å²) in [4.78, 5) is 20.6. The van der Waals surface area contributed by atoms with Crippen molar-refractivity contribution in [3.05, 3.63) is 39.6 Å². The van der Waals surface area contributed by atoms with Crippen molar-refractivity contribution in [3.63, 3.8) is 0 Å². The maximum atomic E-state index is 12.0. The molecule has 0 aliphatic rings. The van der Waals surface area contributed by atoms with Gasteiger partial charge in [-0.3, -0.25) is 4.79 Å². The normalized spacial score (nSPS) is 12.1. The fourth-order valence-electron chi connectivity index (χ4n) is 2.31. The summed E-state index contributed by atoms with van der Waals surface area (Å²) in [5, 5.41) is 4.59. The molecule has 9 heteroatoms. The molecule has 7 nitrogen and oxygen atoms in total. The molecule has 1 heterocycles. The van der Waals surface area contributed by atoms with E-state index in [9.17, 15) is 4.79 Å². The van der Waals surface area contributed by atoms with Crippen LogP contribution in [0.15, 0.2) is 32.9 Å². The lowest BCUT2D eigenvalue weighted by Crippen LogP contribution is -2.19. The summed E-state index contributed by atoms with van der Waals surface area (Å²) in [6.45, 7) is 7.85. The quantitative estimate of drug-likeness (QED) is 0.249. The van der Waals surface area contributed by atoms with Gasteiger partial charge in [0.15, 0.2) is 16.7 Å². The number of ether oxygens (including phenoxy) is 2. The highest BCUT2D eigenvalue weighted by molar-refractivity contribution is 9.10. The van der Waals surface area contributed by atoms with Crippen LogP contribution in [-0.4, -0.2) is 41.1 Å². The topological polar surface area (TPSA) is 85.7 Å². The largest absolute Gasteiger partial charge is 0.493 e. The predicted octanol–water partition coefficient (Wildman–Crippen LogP) is 4.28. The predicted molar refractivity (Wildman–Crippen MR) is 119 cm³/mol. The van der Waals surface area contributed by atoms with Gasteiger partial charge >= 0.3 is 0 Å². The van der Waals surface area contributed by atoms with Crippen LogP contribution in [0.3, 0.4) is 0 Å². The smallest absolute Gasteiger partial charge is 0.250 e. The van der Waals surface area contributed by atoms with E-state index in [4.69, 9.17) is 9.47 Å². The number of nitrogens with zero attached hydrogens (tertiary/aromatic N) is 3. The Morgan fingerprint density at radius 3 is 2.62 bits per heavy atom. The molecule has 0 radical (unpaired) electrons. The molecule has 1 atom stereocenters. The lowest BCUT2D eigenvalue weighted by molar-refractivity contribution is -0.118. The average Bonchev–Trinajstić information content (AvgIpc) is 2.67. The van der Waals surface area contributed by atoms with Crippen LogP contribution >= 0.6 is 27.7 Å². The monoisotopic (exact) mass is 480 g/mol. The molecule has 156 valence electrons. The molecule has 0 saturated carbocycles. The minimum Gasteiger partial charge on any atom is -0.493 e. The van der Waals surface area contributed by atoms with E-state index >= 15 is 0 Å². The second-order valence-corrected chi connectivity index (χ2v) is 8.18. The van der Waals surface area contributed by atoms with Crippen molar-refractivity contribution in [2.24, 2.45) is 5.10 Å². The molecule has 0 aliphatic carbocycles. The van der Waals surface area contributed by atoms with Crippen LogP contribution in [0.25, 0.3) is 0 Å². The standard InChI is InChI=1S/C20H25BrN4O3S/c1-6-14(4)28-19-16(21)8-15(9-17(19)27-5)10-22-25-18(26)11-29-20-23-12(2)7-13(3)24-20/h7-10,14H,6,11H2,1-5H3,(H,25,26)/b22-10-/t14-/m0/s1. The molecule has 1 amide bonds. The molecule has 2 rings (SSSR count). The summed E-state index contributed by atoms with van der Waals surface area (Å²) in [5.41, 5.74) is 5.02. The summed E-state index contributed by atoms with van der Waals surface area (Å²) in [7, 11) is 1.58. The number of hydrogen-bond donors (Lipinski definition) is 1. The zero-order chi connectivity index (χ0) is 21.4. The Morgan fingerprint density at radius 2 is 2.00 bits per heavy atom. The molecule has 0 unspecified atom stereocenters. The summed E-state index contributed by atoms with van der Waals surface area (Å²) < 4.78 is 12.1. The van der Waals surface area contributed by atoms with Crippen LogP contribution in [0.4, 0.5) is 0 Å². The van der Waals surface area contributed by atoms with Gasteiger partial charge in [0.05, 0.1) is 29.7 Å². The van der Waals surface area contributed by atoms with Crippen LogP contribution in [0.5, 0.6) is 11.5 Å². The van der Waals surface area contributed by atoms with E-state index in [1.165, 1.54) is 11.8 Å². The SMILES string of the molecule is CC[C@H](C)Oc1c(Br)cc(/C=N\NC(=O)CSc2nc(C)cc(C)n2)cc1OC. The fourth-order valence-corrected chi connectivity index (χ4v) is 3.61. The second-order valence-electron chi connectivity index (χ2n) is 6.39. The highest BCUT2D eigenvalue weighted by Gasteiger charge is 2.13. The maximum Gasteiger partial charge on any atom is 0.250 e. The third-order valence-electron chi connectivity index (χ3n) is 3.84. The molecular formula is C20H25BrN4O3S. The number of methoxy groups -OCH3 is 1. The Labute approximate surface area is 183 Å². The minimum absolute atomic E-state index is 0.0673. The lowest BCUT2D eigenvalue weighted by atomic mass is 10.2. The summed E-state index contributed by atoms with van der Waals surface area (Å²) in [6.07, 6.45) is 2.50. The summed E-state index contributed by atoms with van der Waals surface area (Å²) in [6, 6.07) is 5.55. The summed E-state index contributed by atoms with van der Waals surface area (Å²) in [5.74, 6) is 1.18. The number of nitrogens with one attached hydrogen (secondary N) is 1. The minimum atomic E-state index is -0.239. The average molecular weight is 481 g/mol. The molecule has 0 fully saturated rings. The van der Waals surface area contributed by atoms with Crippen LogP contribution in [-0.2, 0) is 4.79 Å². The first-order chi connectivity index (χ1) is 13.8. The zero-order valence-electron chi connectivity index (χ0n) is 17.2. The van der Waals surface area contributed by atoms with Crippen molar-refractivity contribution < 1.29 is 14.3 Å². The number of hydrogen-bond acceptors (Lipinski definition) is 7. The number of rotatable bonds is 9. The molecule has 0 aliphatic heterocycles. The van der Waals surface area contributed by atoms with E-state index in [1.54, 1.807) is 19.4 Å². The summed E-state index contributed by atoms with van der Waals surface area (Å²) >= 11 is 4.78. The first kappa shape index (κ1) is 23.2.